The van der Waals surface area contributed by atoms with Gasteiger partial charge in [0.05, 0.1) is 16.7 Å². The molecule has 0 N–H and O–H groups in total. The number of hydrogen-bond acceptors (Lipinski definition) is 3. The lowest BCUT2D eigenvalue weighted by atomic mass is 9.72. The summed E-state index contributed by atoms with van der Waals surface area (Å²) < 4.78 is 69.9. The van der Waals surface area contributed by atoms with Gasteiger partial charge in [0.25, 0.3) is 0 Å². The molecule has 182 valence electrons. The van der Waals surface area contributed by atoms with Crippen LogP contribution in [0.3, 0.4) is 0 Å². The number of halogens is 5. The van der Waals surface area contributed by atoms with Crippen LogP contribution in [0.5, 0.6) is 0 Å². The molecule has 1 aromatic rings. The highest BCUT2D eigenvalue weighted by atomic mass is 19.4. The molecule has 2 fully saturated rings. The molecule has 3 rings (SSSR count). The van der Waals surface area contributed by atoms with Crippen molar-refractivity contribution in [2.45, 2.75) is 58.7 Å². The van der Waals surface area contributed by atoms with Gasteiger partial charge in [-0.1, -0.05) is 32.9 Å². The number of likely N-dealkylation sites (tertiary alicyclic amines) is 1. The highest BCUT2D eigenvalue weighted by Gasteiger charge is 2.56. The van der Waals surface area contributed by atoms with E-state index in [0.717, 1.165) is 17.0 Å². The Balaban J connectivity index is 2.10. The molecule has 2 aliphatic rings. The topological polar surface area (TPSA) is 45.0 Å². The lowest BCUT2D eigenvalue weighted by Gasteiger charge is -2.38. The summed E-state index contributed by atoms with van der Waals surface area (Å²) in [6, 6.07) is 1.64. The third-order valence-electron chi connectivity index (χ3n) is 7.19. The molecule has 4 atom stereocenters. The van der Waals surface area contributed by atoms with E-state index in [-0.39, 0.29) is 42.5 Å². The van der Waals surface area contributed by atoms with Gasteiger partial charge in [-0.05, 0) is 55.6 Å². The number of benzene rings is 1. The maximum atomic E-state index is 14.6. The van der Waals surface area contributed by atoms with Crippen LogP contribution in [0, 0.1) is 34.8 Å². The molecule has 33 heavy (non-hydrogen) atoms. The van der Waals surface area contributed by atoms with Crippen LogP contribution in [-0.2, 0) is 4.79 Å². The van der Waals surface area contributed by atoms with Crippen LogP contribution < -0.4 is 0 Å². The van der Waals surface area contributed by atoms with E-state index < -0.39 is 41.1 Å². The van der Waals surface area contributed by atoms with Crippen molar-refractivity contribution < 1.29 is 26.7 Å². The van der Waals surface area contributed by atoms with Gasteiger partial charge in [0.15, 0.2) is 0 Å². The molecular weight excluding hydrogens is 441 g/mol. The summed E-state index contributed by atoms with van der Waals surface area (Å²) in [5.41, 5.74) is -1.57. The number of azo groups is 1. The predicted molar refractivity (Wildman–Crippen MR) is 115 cm³/mol. The van der Waals surface area contributed by atoms with E-state index in [2.05, 4.69) is 10.2 Å². The van der Waals surface area contributed by atoms with Crippen molar-refractivity contribution in [1.82, 2.24) is 4.90 Å². The number of alkyl halides is 3. The molecule has 4 nitrogen and oxygen atoms in total. The first kappa shape index (κ1) is 25.3. The third-order valence-corrected chi connectivity index (χ3v) is 7.19. The minimum Gasteiger partial charge on any atom is -0.330 e. The van der Waals surface area contributed by atoms with Gasteiger partial charge < -0.3 is 4.90 Å². The summed E-state index contributed by atoms with van der Waals surface area (Å²) in [6.45, 7) is 5.66. The summed E-state index contributed by atoms with van der Waals surface area (Å²) in [6.07, 6.45) is -1.79. The van der Waals surface area contributed by atoms with E-state index >= 15 is 0 Å². The molecule has 1 aliphatic carbocycles. The van der Waals surface area contributed by atoms with Crippen molar-refractivity contribution in [3.63, 3.8) is 0 Å². The van der Waals surface area contributed by atoms with Crippen LogP contribution in [0.25, 0.3) is 5.70 Å². The Hall–Kier alpha value is -2.32. The second kappa shape index (κ2) is 9.50. The molecule has 0 radical (unpaired) electrons. The Morgan fingerprint density at radius 3 is 2.39 bits per heavy atom. The minimum absolute atomic E-state index is 0.0465. The lowest BCUT2D eigenvalue weighted by Crippen LogP contribution is -2.51. The number of carbonyl (C=O) groups excluding carboxylic acids is 1. The molecule has 1 aliphatic heterocycles. The maximum absolute atomic E-state index is 14.6. The maximum Gasteiger partial charge on any atom is 0.408 e. The quantitative estimate of drug-likeness (QED) is 0.351. The van der Waals surface area contributed by atoms with Gasteiger partial charge in [0.2, 0.25) is 5.91 Å². The van der Waals surface area contributed by atoms with Crippen molar-refractivity contribution in [2.24, 2.45) is 33.4 Å². The van der Waals surface area contributed by atoms with E-state index in [1.165, 1.54) is 13.1 Å². The Morgan fingerprint density at radius 2 is 1.85 bits per heavy atom. The minimum atomic E-state index is -4.50. The fourth-order valence-electron chi connectivity index (χ4n) is 5.46. The van der Waals surface area contributed by atoms with Gasteiger partial charge in [-0.25, -0.2) is 8.78 Å². The summed E-state index contributed by atoms with van der Waals surface area (Å²) in [4.78, 5) is 14.6. The van der Waals surface area contributed by atoms with Crippen molar-refractivity contribution in [2.75, 3.05) is 13.6 Å². The van der Waals surface area contributed by atoms with Gasteiger partial charge in [0, 0.05) is 13.6 Å². The average Bonchev–Trinajstić information content (AvgIpc) is 3.33. The normalized spacial score (nSPS) is 29.0. The van der Waals surface area contributed by atoms with Crippen molar-refractivity contribution in [1.29, 1.82) is 0 Å². The molecule has 1 saturated heterocycles. The van der Waals surface area contributed by atoms with Gasteiger partial charge in [-0.3, -0.25) is 4.79 Å². The fourth-order valence-corrected chi connectivity index (χ4v) is 5.46. The standard InChI is InChI=1S/C24H30F5N3O/c1-14(2)15-10-11-23(3,22(33)32-12-6-9-20(32)24(27,28)29)16(15)13-19(31-30-4)21-17(25)7-5-8-18(21)26/h5,7-8,13-16,20H,6,9-12H2,1-4H3/b19-13-,31-30?/t15-,16?,20?,23-/m0/s1. The van der Waals surface area contributed by atoms with E-state index in [4.69, 9.17) is 0 Å². The van der Waals surface area contributed by atoms with E-state index in [1.807, 2.05) is 13.8 Å². The molecule has 9 heteroatoms. The Kier molecular flexibility index (Phi) is 7.29. The zero-order valence-electron chi connectivity index (χ0n) is 19.3. The van der Waals surface area contributed by atoms with Crippen molar-refractivity contribution >= 4 is 11.6 Å². The molecule has 1 aromatic carbocycles. The van der Waals surface area contributed by atoms with Crippen LogP contribution in [0.2, 0.25) is 0 Å². The van der Waals surface area contributed by atoms with Crippen LogP contribution in [-0.4, -0.2) is 36.6 Å². The molecule has 0 aromatic heterocycles. The van der Waals surface area contributed by atoms with Crippen LogP contribution >= 0.6 is 0 Å². The number of carbonyl (C=O) groups is 1. The number of allylic oxidation sites excluding steroid dienone is 1. The largest absolute Gasteiger partial charge is 0.408 e. The van der Waals surface area contributed by atoms with Crippen LogP contribution in [0.15, 0.2) is 34.5 Å². The van der Waals surface area contributed by atoms with Gasteiger partial charge >= 0.3 is 6.18 Å². The molecule has 2 unspecified atom stereocenters. The monoisotopic (exact) mass is 471 g/mol. The van der Waals surface area contributed by atoms with Gasteiger partial charge in [-0.2, -0.15) is 23.4 Å². The number of nitrogens with zero attached hydrogens (tertiary/aromatic N) is 3. The Labute approximate surface area is 190 Å². The molecule has 0 bridgehead atoms. The smallest absolute Gasteiger partial charge is 0.330 e. The molecule has 0 spiro atoms. The lowest BCUT2D eigenvalue weighted by molar-refractivity contribution is -0.187. The molecule has 1 amide bonds. The highest BCUT2D eigenvalue weighted by Crippen LogP contribution is 2.53. The summed E-state index contributed by atoms with van der Waals surface area (Å²) in [7, 11) is 1.36. The summed E-state index contributed by atoms with van der Waals surface area (Å²) in [5.74, 6) is -2.73. The van der Waals surface area contributed by atoms with E-state index in [0.29, 0.717) is 12.8 Å². The second-order valence-corrected chi connectivity index (χ2v) is 9.54. The van der Waals surface area contributed by atoms with Crippen molar-refractivity contribution in [3.05, 3.63) is 41.5 Å². The molecule has 1 saturated carbocycles. The summed E-state index contributed by atoms with van der Waals surface area (Å²) >= 11 is 0. The zero-order valence-corrected chi connectivity index (χ0v) is 19.3. The summed E-state index contributed by atoms with van der Waals surface area (Å²) in [5, 5.41) is 7.65. The van der Waals surface area contributed by atoms with E-state index in [9.17, 15) is 26.7 Å². The first-order chi connectivity index (χ1) is 15.4. The van der Waals surface area contributed by atoms with Crippen LogP contribution in [0.4, 0.5) is 22.0 Å². The third kappa shape index (κ3) is 4.82. The Morgan fingerprint density at radius 1 is 1.21 bits per heavy atom. The second-order valence-electron chi connectivity index (χ2n) is 9.54. The number of hydrogen-bond donors (Lipinski definition) is 0. The number of amides is 1. The fraction of sp³-hybridized carbons (Fsp3) is 0.625. The molecule has 1 heterocycles. The first-order valence-corrected chi connectivity index (χ1v) is 11.3. The van der Waals surface area contributed by atoms with Gasteiger partial charge in [-0.15, -0.1) is 0 Å². The highest BCUT2D eigenvalue weighted by molar-refractivity contribution is 5.84. The zero-order chi connectivity index (χ0) is 24.6. The Bertz CT molecular complexity index is 922. The molecular formula is C24H30F5N3O. The predicted octanol–water partition coefficient (Wildman–Crippen LogP) is 6.63. The van der Waals surface area contributed by atoms with E-state index in [1.54, 1.807) is 13.0 Å². The number of rotatable bonds is 5. The van der Waals surface area contributed by atoms with Gasteiger partial charge in [0.1, 0.15) is 17.7 Å². The van der Waals surface area contributed by atoms with Crippen LogP contribution in [0.1, 0.15) is 52.0 Å². The average molecular weight is 472 g/mol. The first-order valence-electron chi connectivity index (χ1n) is 11.3. The SMILES string of the molecule is CN=N/C(=C\C1[C@H](C(C)C)CC[C@]1(C)C(=O)N1CCCC1C(F)(F)F)c1c(F)cccc1F. The van der Waals surface area contributed by atoms with Crippen molar-refractivity contribution in [3.8, 4) is 0 Å².